The van der Waals surface area contributed by atoms with Crippen molar-refractivity contribution >= 4 is 5.91 Å². The smallest absolute Gasteiger partial charge is 0.236 e. The molecule has 6 heteroatoms. The summed E-state index contributed by atoms with van der Waals surface area (Å²) in [5, 5.41) is 19.0. The van der Waals surface area contributed by atoms with Crippen molar-refractivity contribution in [2.24, 2.45) is 0 Å². The highest BCUT2D eigenvalue weighted by molar-refractivity contribution is 5.78. The van der Waals surface area contributed by atoms with E-state index in [1.807, 2.05) is 11.0 Å². The number of hydrogen-bond acceptors (Lipinski definition) is 5. The molecule has 0 aliphatic carbocycles. The number of amides is 1. The summed E-state index contributed by atoms with van der Waals surface area (Å²) in [6, 6.07) is 8.95. The topological polar surface area (TPSA) is 76.8 Å². The molecule has 6 nitrogen and oxygen atoms in total. The Kier molecular flexibility index (Phi) is 5.14. The van der Waals surface area contributed by atoms with Crippen LogP contribution in [0.1, 0.15) is 5.56 Å². The number of carbonyl (C=O) groups is 1. The SMILES string of the molecule is CN1CCN(CC(O)COc2ccccc2C#N)CC1=O. The van der Waals surface area contributed by atoms with E-state index in [2.05, 4.69) is 0 Å². The van der Waals surface area contributed by atoms with Crippen LogP contribution in [0.4, 0.5) is 0 Å². The summed E-state index contributed by atoms with van der Waals surface area (Å²) < 4.78 is 5.48. The maximum Gasteiger partial charge on any atom is 0.236 e. The van der Waals surface area contributed by atoms with Crippen molar-refractivity contribution in [3.8, 4) is 11.8 Å². The van der Waals surface area contributed by atoms with Gasteiger partial charge in [-0.15, -0.1) is 0 Å². The number of hydrogen-bond donors (Lipinski definition) is 1. The first-order chi connectivity index (χ1) is 10.1. The zero-order valence-corrected chi connectivity index (χ0v) is 12.0. The molecule has 112 valence electrons. The lowest BCUT2D eigenvalue weighted by Crippen LogP contribution is -2.51. The van der Waals surface area contributed by atoms with Crippen LogP contribution in [0.25, 0.3) is 0 Å². The number of para-hydroxylation sites is 1. The van der Waals surface area contributed by atoms with Crippen LogP contribution in [-0.2, 0) is 4.79 Å². The second-order valence-corrected chi connectivity index (χ2v) is 5.12. The summed E-state index contributed by atoms with van der Waals surface area (Å²) >= 11 is 0. The fourth-order valence-electron chi connectivity index (χ4n) is 2.18. The quantitative estimate of drug-likeness (QED) is 0.830. The Balaban J connectivity index is 1.81. The molecule has 1 N–H and O–H groups in total. The number of likely N-dealkylation sites (N-methyl/N-ethyl adjacent to an activating group) is 1. The van der Waals surface area contributed by atoms with Crippen molar-refractivity contribution < 1.29 is 14.6 Å². The number of aliphatic hydroxyl groups excluding tert-OH is 1. The van der Waals surface area contributed by atoms with Gasteiger partial charge in [0.05, 0.1) is 12.1 Å². The number of benzene rings is 1. The van der Waals surface area contributed by atoms with Crippen LogP contribution in [0.2, 0.25) is 0 Å². The Hall–Kier alpha value is -2.10. The minimum absolute atomic E-state index is 0.0594. The van der Waals surface area contributed by atoms with E-state index in [0.29, 0.717) is 30.9 Å². The zero-order valence-electron chi connectivity index (χ0n) is 12.0. The van der Waals surface area contributed by atoms with E-state index in [0.717, 1.165) is 6.54 Å². The van der Waals surface area contributed by atoms with Crippen LogP contribution in [-0.4, -0.2) is 66.8 Å². The summed E-state index contributed by atoms with van der Waals surface area (Å²) in [5.74, 6) is 0.526. The Morgan fingerprint density at radius 2 is 2.19 bits per heavy atom. The molecule has 21 heavy (non-hydrogen) atoms. The highest BCUT2D eigenvalue weighted by atomic mass is 16.5. The van der Waals surface area contributed by atoms with Gasteiger partial charge in [0.1, 0.15) is 24.5 Å². The highest BCUT2D eigenvalue weighted by Gasteiger charge is 2.22. The lowest BCUT2D eigenvalue weighted by Gasteiger charge is -2.32. The molecule has 1 heterocycles. The van der Waals surface area contributed by atoms with Gasteiger partial charge in [0.2, 0.25) is 5.91 Å². The summed E-state index contributed by atoms with van der Waals surface area (Å²) in [5.41, 5.74) is 0.444. The van der Waals surface area contributed by atoms with Crippen molar-refractivity contribution in [2.45, 2.75) is 6.10 Å². The number of carbonyl (C=O) groups excluding carboxylic acids is 1. The molecule has 1 aromatic rings. The lowest BCUT2D eigenvalue weighted by molar-refractivity contribution is -0.135. The molecule has 0 aromatic heterocycles. The Morgan fingerprint density at radius 3 is 2.90 bits per heavy atom. The lowest BCUT2D eigenvalue weighted by atomic mass is 10.2. The van der Waals surface area contributed by atoms with Crippen molar-refractivity contribution in [3.05, 3.63) is 29.8 Å². The largest absolute Gasteiger partial charge is 0.489 e. The summed E-state index contributed by atoms with van der Waals surface area (Å²) in [6.07, 6.45) is -0.701. The van der Waals surface area contributed by atoms with Crippen LogP contribution in [0.3, 0.4) is 0 Å². The minimum Gasteiger partial charge on any atom is -0.489 e. The van der Waals surface area contributed by atoms with E-state index in [-0.39, 0.29) is 12.5 Å². The van der Waals surface area contributed by atoms with E-state index in [4.69, 9.17) is 10.00 Å². The summed E-state index contributed by atoms with van der Waals surface area (Å²) in [7, 11) is 1.78. The molecular formula is C15H19N3O3. The van der Waals surface area contributed by atoms with Crippen LogP contribution in [0.15, 0.2) is 24.3 Å². The molecule has 1 aliphatic heterocycles. The van der Waals surface area contributed by atoms with Gasteiger partial charge >= 0.3 is 0 Å². The number of β-amino-alcohol motifs (C(OH)–C–C–N with tert-alkyl or cyclic N) is 1. The van der Waals surface area contributed by atoms with Gasteiger partial charge in [0.15, 0.2) is 0 Å². The maximum absolute atomic E-state index is 11.6. The number of ether oxygens (including phenoxy) is 1. The predicted octanol–water partition coefficient (Wildman–Crippen LogP) is 0.0720. The average molecular weight is 289 g/mol. The molecule has 0 bridgehead atoms. The third kappa shape index (κ3) is 4.18. The molecule has 1 atom stereocenters. The van der Waals surface area contributed by atoms with Crippen LogP contribution < -0.4 is 4.74 Å². The molecule has 1 aromatic carbocycles. The Labute approximate surface area is 124 Å². The first-order valence-corrected chi connectivity index (χ1v) is 6.86. The molecule has 0 saturated carbocycles. The average Bonchev–Trinajstić information content (AvgIpc) is 2.49. The van der Waals surface area contributed by atoms with E-state index >= 15 is 0 Å². The third-order valence-corrected chi connectivity index (χ3v) is 3.44. The van der Waals surface area contributed by atoms with Gasteiger partial charge in [-0.1, -0.05) is 12.1 Å². The van der Waals surface area contributed by atoms with Crippen molar-refractivity contribution in [1.82, 2.24) is 9.80 Å². The summed E-state index contributed by atoms with van der Waals surface area (Å²) in [4.78, 5) is 15.2. The fraction of sp³-hybridized carbons (Fsp3) is 0.467. The monoisotopic (exact) mass is 289 g/mol. The van der Waals surface area contributed by atoms with Gasteiger partial charge < -0.3 is 14.7 Å². The first-order valence-electron chi connectivity index (χ1n) is 6.86. The van der Waals surface area contributed by atoms with Crippen molar-refractivity contribution in [1.29, 1.82) is 5.26 Å². The van der Waals surface area contributed by atoms with Crippen LogP contribution in [0, 0.1) is 11.3 Å². The third-order valence-electron chi connectivity index (χ3n) is 3.44. The second-order valence-electron chi connectivity index (χ2n) is 5.12. The van der Waals surface area contributed by atoms with Gasteiger partial charge in [0.25, 0.3) is 0 Å². The van der Waals surface area contributed by atoms with E-state index < -0.39 is 6.10 Å². The van der Waals surface area contributed by atoms with Crippen LogP contribution >= 0.6 is 0 Å². The number of piperazine rings is 1. The Bertz CT molecular complexity index is 541. The molecule has 0 spiro atoms. The summed E-state index contributed by atoms with van der Waals surface area (Å²) in [6.45, 7) is 2.22. The first kappa shape index (κ1) is 15.3. The van der Waals surface area contributed by atoms with Gasteiger partial charge in [-0.25, -0.2) is 0 Å². The van der Waals surface area contributed by atoms with E-state index in [9.17, 15) is 9.90 Å². The second kappa shape index (κ2) is 7.07. The number of aliphatic hydroxyl groups is 1. The van der Waals surface area contributed by atoms with Crippen LogP contribution in [0.5, 0.6) is 5.75 Å². The molecule has 1 saturated heterocycles. The van der Waals surface area contributed by atoms with Crippen molar-refractivity contribution in [3.63, 3.8) is 0 Å². The standard InChI is InChI=1S/C15H19N3O3/c1-17-6-7-18(10-15(17)20)9-13(19)11-21-14-5-3-2-4-12(14)8-16/h2-5,13,19H,6-7,9-11H2,1H3. The molecule has 0 radical (unpaired) electrons. The van der Waals surface area contributed by atoms with Gasteiger partial charge in [-0.2, -0.15) is 5.26 Å². The fourth-order valence-corrected chi connectivity index (χ4v) is 2.18. The highest BCUT2D eigenvalue weighted by Crippen LogP contribution is 2.16. The maximum atomic E-state index is 11.6. The van der Waals surface area contributed by atoms with Gasteiger partial charge in [-0.3, -0.25) is 9.69 Å². The minimum atomic E-state index is -0.701. The van der Waals surface area contributed by atoms with Crippen molar-refractivity contribution in [2.75, 3.05) is 39.8 Å². The molecule has 1 fully saturated rings. The normalized spacial score (nSPS) is 17.4. The van der Waals surface area contributed by atoms with Gasteiger partial charge in [0, 0.05) is 26.7 Å². The number of nitrogens with zero attached hydrogens (tertiary/aromatic N) is 3. The zero-order chi connectivity index (χ0) is 15.2. The predicted molar refractivity (Wildman–Crippen MR) is 76.7 cm³/mol. The Morgan fingerprint density at radius 1 is 1.43 bits per heavy atom. The molecule has 1 unspecified atom stereocenters. The number of nitriles is 1. The van der Waals surface area contributed by atoms with E-state index in [1.165, 1.54) is 0 Å². The molecule has 2 rings (SSSR count). The molecular weight excluding hydrogens is 270 g/mol. The van der Waals surface area contributed by atoms with E-state index in [1.54, 1.807) is 36.2 Å². The van der Waals surface area contributed by atoms with Gasteiger partial charge in [-0.05, 0) is 12.1 Å². The number of rotatable bonds is 5. The molecule has 1 amide bonds. The molecule has 1 aliphatic rings.